The molecular weight excluding hydrogens is 400 g/mol. The second-order valence-electron chi connectivity index (χ2n) is 6.79. The van der Waals surface area contributed by atoms with Gasteiger partial charge in [0.05, 0.1) is 16.4 Å². The van der Waals surface area contributed by atoms with Gasteiger partial charge in [-0.1, -0.05) is 36.4 Å². The van der Waals surface area contributed by atoms with Gasteiger partial charge in [-0.3, -0.25) is 9.69 Å². The summed E-state index contributed by atoms with van der Waals surface area (Å²) in [5, 5.41) is 2.78. The highest BCUT2D eigenvalue weighted by Crippen LogP contribution is 2.25. The Morgan fingerprint density at radius 2 is 1.68 bits per heavy atom. The summed E-state index contributed by atoms with van der Waals surface area (Å²) in [5.74, 6) is -0.323. The van der Waals surface area contributed by atoms with Crippen molar-refractivity contribution in [3.63, 3.8) is 0 Å². The van der Waals surface area contributed by atoms with E-state index in [9.17, 15) is 21.6 Å². The predicted molar refractivity (Wildman–Crippen MR) is 108 cm³/mol. The number of nitrogens with one attached hydrogen (secondary N) is 1. The number of benzene rings is 2. The van der Waals surface area contributed by atoms with E-state index < -0.39 is 25.7 Å². The monoisotopic (exact) mass is 422 g/mol. The number of carbonyl (C=O) groups excluding carboxylic acids is 1. The third-order valence-corrected chi connectivity index (χ3v) is 7.36. The third kappa shape index (κ3) is 4.98. The number of carbonyl (C=O) groups is 1. The molecule has 1 aliphatic heterocycles. The average molecular weight is 423 g/mol. The molecule has 2 aromatic rings. The number of anilines is 1. The Kier molecular flexibility index (Phi) is 5.87. The minimum atomic E-state index is -3.40. The molecule has 1 amide bonds. The van der Waals surface area contributed by atoms with E-state index in [1.54, 1.807) is 12.1 Å². The molecule has 0 aromatic heterocycles. The molecule has 1 heterocycles. The van der Waals surface area contributed by atoms with Crippen LogP contribution in [0.25, 0.3) is 0 Å². The van der Waals surface area contributed by atoms with Gasteiger partial charge in [0.2, 0.25) is 5.91 Å². The molecule has 0 bridgehead atoms. The summed E-state index contributed by atoms with van der Waals surface area (Å²) >= 11 is 0. The van der Waals surface area contributed by atoms with Crippen molar-refractivity contribution in [1.82, 2.24) is 4.90 Å². The zero-order chi connectivity index (χ0) is 20.4. The fraction of sp³-hybridized carbons (Fsp3) is 0.316. The van der Waals surface area contributed by atoms with Crippen LogP contribution in [0, 0.1) is 0 Å². The lowest BCUT2D eigenvalue weighted by molar-refractivity contribution is -0.121. The van der Waals surface area contributed by atoms with Gasteiger partial charge in [0.25, 0.3) is 0 Å². The summed E-state index contributed by atoms with van der Waals surface area (Å²) < 4.78 is 47.0. The number of hydrogen-bond donors (Lipinski definition) is 1. The Hall–Kier alpha value is -2.23. The van der Waals surface area contributed by atoms with Gasteiger partial charge in [0, 0.05) is 25.0 Å². The Balaban J connectivity index is 1.87. The number of hydrogen-bond acceptors (Lipinski definition) is 6. The fourth-order valence-corrected chi connectivity index (χ4v) is 5.06. The van der Waals surface area contributed by atoms with Crippen LogP contribution in [0.1, 0.15) is 11.6 Å². The molecule has 0 spiro atoms. The summed E-state index contributed by atoms with van der Waals surface area (Å²) in [4.78, 5) is 15.0. The predicted octanol–water partition coefficient (Wildman–Crippen LogP) is 1.50. The highest BCUT2D eigenvalue weighted by Gasteiger charge is 2.32. The van der Waals surface area contributed by atoms with Crippen molar-refractivity contribution in [2.24, 2.45) is 0 Å². The van der Waals surface area contributed by atoms with Crippen LogP contribution in [0.5, 0.6) is 0 Å². The summed E-state index contributed by atoms with van der Waals surface area (Å²) in [5.41, 5.74) is 1.12. The van der Waals surface area contributed by atoms with E-state index in [4.69, 9.17) is 0 Å². The number of amides is 1. The van der Waals surface area contributed by atoms with Crippen molar-refractivity contribution < 1.29 is 21.6 Å². The lowest BCUT2D eigenvalue weighted by atomic mass is 10.0. The van der Waals surface area contributed by atoms with Crippen LogP contribution in [0.2, 0.25) is 0 Å². The largest absolute Gasteiger partial charge is 0.324 e. The lowest BCUT2D eigenvalue weighted by Crippen LogP contribution is -2.46. The quantitative estimate of drug-likeness (QED) is 0.784. The standard InChI is InChI=1S/C19H22N2O5S2/c1-27(23,24)17-9-5-8-16(14-17)20-19(22)18(15-6-3-2-4-7-15)21-10-12-28(25,26)13-11-21/h2-9,14,18H,10-13H2,1H3,(H,20,22). The maximum atomic E-state index is 13.1. The Morgan fingerprint density at radius 1 is 1.04 bits per heavy atom. The number of rotatable bonds is 5. The van der Waals surface area contributed by atoms with Gasteiger partial charge < -0.3 is 5.32 Å². The van der Waals surface area contributed by atoms with Crippen LogP contribution in [-0.4, -0.2) is 58.5 Å². The van der Waals surface area contributed by atoms with E-state index in [-0.39, 0.29) is 35.4 Å². The molecule has 1 unspecified atom stereocenters. The number of sulfone groups is 2. The van der Waals surface area contributed by atoms with Gasteiger partial charge in [-0.05, 0) is 23.8 Å². The van der Waals surface area contributed by atoms with Gasteiger partial charge in [-0.25, -0.2) is 16.8 Å². The van der Waals surface area contributed by atoms with E-state index in [0.29, 0.717) is 5.69 Å². The highest BCUT2D eigenvalue weighted by molar-refractivity contribution is 7.91. The summed E-state index contributed by atoms with van der Waals surface area (Å²) in [7, 11) is -6.47. The van der Waals surface area contributed by atoms with Crippen LogP contribution < -0.4 is 5.32 Å². The Labute approximate surface area is 165 Å². The summed E-state index contributed by atoms with van der Waals surface area (Å²) in [6.45, 7) is 0.525. The van der Waals surface area contributed by atoms with Crippen molar-refractivity contribution in [1.29, 1.82) is 0 Å². The first-order valence-corrected chi connectivity index (χ1v) is 12.5. The molecule has 1 N–H and O–H groups in total. The van der Waals surface area contributed by atoms with E-state index in [1.165, 1.54) is 12.1 Å². The van der Waals surface area contributed by atoms with Crippen LogP contribution in [0.4, 0.5) is 5.69 Å². The van der Waals surface area contributed by atoms with Gasteiger partial charge in [-0.2, -0.15) is 0 Å². The van der Waals surface area contributed by atoms with Gasteiger partial charge in [-0.15, -0.1) is 0 Å². The molecule has 150 valence electrons. The summed E-state index contributed by atoms with van der Waals surface area (Å²) in [6.07, 6.45) is 1.11. The molecule has 1 fully saturated rings. The molecule has 0 saturated carbocycles. The molecule has 1 atom stereocenters. The molecule has 1 aliphatic rings. The van der Waals surface area contributed by atoms with Crippen LogP contribution in [0.15, 0.2) is 59.5 Å². The van der Waals surface area contributed by atoms with E-state index in [0.717, 1.165) is 11.8 Å². The van der Waals surface area contributed by atoms with E-state index in [2.05, 4.69) is 5.32 Å². The first kappa shape index (κ1) is 20.5. The maximum absolute atomic E-state index is 13.1. The topological polar surface area (TPSA) is 101 Å². The molecule has 9 heteroatoms. The average Bonchev–Trinajstić information content (AvgIpc) is 2.64. The first-order valence-electron chi connectivity index (χ1n) is 8.76. The zero-order valence-corrected chi connectivity index (χ0v) is 17.0. The molecule has 28 heavy (non-hydrogen) atoms. The Morgan fingerprint density at radius 3 is 2.29 bits per heavy atom. The van der Waals surface area contributed by atoms with Crippen molar-refractivity contribution in [3.05, 3.63) is 60.2 Å². The van der Waals surface area contributed by atoms with Gasteiger partial charge >= 0.3 is 0 Å². The maximum Gasteiger partial charge on any atom is 0.246 e. The molecule has 3 rings (SSSR count). The van der Waals surface area contributed by atoms with Crippen LogP contribution in [-0.2, 0) is 24.5 Å². The number of nitrogens with zero attached hydrogens (tertiary/aromatic N) is 1. The van der Waals surface area contributed by atoms with E-state index >= 15 is 0 Å². The van der Waals surface area contributed by atoms with Gasteiger partial charge in [0.1, 0.15) is 6.04 Å². The third-order valence-electron chi connectivity index (χ3n) is 4.64. The minimum absolute atomic E-state index is 0.00712. The molecule has 2 aromatic carbocycles. The fourth-order valence-electron chi connectivity index (χ4n) is 3.16. The lowest BCUT2D eigenvalue weighted by Gasteiger charge is -2.33. The normalized spacial score (nSPS) is 18.3. The molecular formula is C19H22N2O5S2. The highest BCUT2D eigenvalue weighted by atomic mass is 32.2. The summed E-state index contributed by atoms with van der Waals surface area (Å²) in [6, 6.07) is 14.5. The zero-order valence-electron chi connectivity index (χ0n) is 15.4. The van der Waals surface area contributed by atoms with Crippen LogP contribution >= 0.6 is 0 Å². The van der Waals surface area contributed by atoms with Crippen molar-refractivity contribution in [2.45, 2.75) is 10.9 Å². The molecule has 0 aliphatic carbocycles. The first-order chi connectivity index (χ1) is 13.2. The molecule has 1 saturated heterocycles. The Bertz CT molecular complexity index is 1050. The minimum Gasteiger partial charge on any atom is -0.324 e. The van der Waals surface area contributed by atoms with Crippen LogP contribution in [0.3, 0.4) is 0 Å². The SMILES string of the molecule is CS(=O)(=O)c1cccc(NC(=O)C(c2ccccc2)N2CCS(=O)(=O)CC2)c1. The van der Waals surface area contributed by atoms with Crippen molar-refractivity contribution >= 4 is 31.3 Å². The van der Waals surface area contributed by atoms with Crippen molar-refractivity contribution in [3.8, 4) is 0 Å². The smallest absolute Gasteiger partial charge is 0.246 e. The van der Waals surface area contributed by atoms with Crippen molar-refractivity contribution in [2.75, 3.05) is 36.2 Å². The molecule has 0 radical (unpaired) electrons. The van der Waals surface area contributed by atoms with Gasteiger partial charge in [0.15, 0.2) is 19.7 Å². The molecule has 7 nitrogen and oxygen atoms in total. The van der Waals surface area contributed by atoms with E-state index in [1.807, 2.05) is 35.2 Å². The second kappa shape index (κ2) is 8.02. The second-order valence-corrected chi connectivity index (χ2v) is 11.1.